The van der Waals surface area contributed by atoms with E-state index in [2.05, 4.69) is 15.0 Å². The van der Waals surface area contributed by atoms with E-state index in [0.29, 0.717) is 0 Å². The van der Waals surface area contributed by atoms with E-state index < -0.39 is 15.8 Å². The molecule has 0 aromatic carbocycles. The monoisotopic (exact) mass is 322 g/mol. The molecular formula is C10H10N8O5. The van der Waals surface area contributed by atoms with E-state index in [0.717, 1.165) is 10.9 Å². The third-order valence-corrected chi connectivity index (χ3v) is 2.33. The van der Waals surface area contributed by atoms with Crippen LogP contribution in [0.4, 0.5) is 17.2 Å². The molecule has 2 heterocycles. The van der Waals surface area contributed by atoms with Crippen molar-refractivity contribution < 1.29 is 14.6 Å². The Balaban J connectivity index is 0.000000231. The molecule has 0 unspecified atom stereocenters. The van der Waals surface area contributed by atoms with Crippen molar-refractivity contribution in [3.05, 3.63) is 49.7 Å². The molecule has 0 aliphatic heterocycles. The fourth-order valence-corrected chi connectivity index (χ4v) is 1.46. The number of carbonyl (C=O) groups is 1. The predicted octanol–water partition coefficient (Wildman–Crippen LogP) is 0.306. The molecule has 2 rings (SSSR count). The van der Waals surface area contributed by atoms with Gasteiger partial charge in [-0.15, -0.1) is 0 Å². The van der Waals surface area contributed by atoms with Crippen LogP contribution in [0.2, 0.25) is 0 Å². The van der Waals surface area contributed by atoms with Crippen molar-refractivity contribution in [2.45, 2.75) is 0 Å². The Morgan fingerprint density at radius 3 is 2.00 bits per heavy atom. The van der Waals surface area contributed by atoms with Crippen LogP contribution in [0.5, 0.6) is 0 Å². The van der Waals surface area contributed by atoms with E-state index in [1.54, 1.807) is 0 Å². The topological polar surface area (TPSA) is 169 Å². The Morgan fingerprint density at radius 1 is 1.17 bits per heavy atom. The third-order valence-electron chi connectivity index (χ3n) is 2.33. The summed E-state index contributed by atoms with van der Waals surface area (Å²) in [6.07, 6.45) is 2.33. The summed E-state index contributed by atoms with van der Waals surface area (Å²) in [5.74, 6) is -1.07. The van der Waals surface area contributed by atoms with E-state index in [4.69, 9.17) is 12.3 Å². The molecule has 2 aromatic heterocycles. The normalized spacial score (nSPS) is 9.43. The number of nitrogens with zero attached hydrogens (tertiary/aromatic N) is 7. The number of amides is 1. The summed E-state index contributed by atoms with van der Waals surface area (Å²) in [4.78, 5) is 32.6. The standard InChI is InChI=1S/C5H6N4O3.C5H4N4O2/c1-8-2-3(9(11)12)4(7-8)5(6)10;1-6-5-4(9(10)11)3-8(2)7-5/h2H,1H3,(H2,6,10);3H,2H3. The van der Waals surface area contributed by atoms with Crippen LogP contribution >= 0.6 is 0 Å². The van der Waals surface area contributed by atoms with Gasteiger partial charge in [0.2, 0.25) is 5.69 Å². The minimum Gasteiger partial charge on any atom is -0.364 e. The zero-order valence-corrected chi connectivity index (χ0v) is 11.9. The van der Waals surface area contributed by atoms with E-state index in [-0.39, 0.29) is 22.9 Å². The van der Waals surface area contributed by atoms with Gasteiger partial charge in [0.1, 0.15) is 12.4 Å². The zero-order valence-electron chi connectivity index (χ0n) is 11.9. The molecule has 1 amide bonds. The molecule has 0 radical (unpaired) electrons. The van der Waals surface area contributed by atoms with Gasteiger partial charge in [-0.3, -0.25) is 29.7 Å². The largest absolute Gasteiger partial charge is 0.372 e. The molecule has 0 saturated heterocycles. The highest BCUT2D eigenvalue weighted by atomic mass is 16.6. The van der Waals surface area contributed by atoms with Crippen molar-refractivity contribution in [2.24, 2.45) is 19.8 Å². The maximum atomic E-state index is 10.6. The van der Waals surface area contributed by atoms with Crippen LogP contribution in [0.3, 0.4) is 0 Å². The van der Waals surface area contributed by atoms with Crippen LogP contribution in [0.25, 0.3) is 4.85 Å². The summed E-state index contributed by atoms with van der Waals surface area (Å²) in [5, 5.41) is 27.6. The van der Waals surface area contributed by atoms with Gasteiger partial charge in [-0.2, -0.15) is 9.78 Å². The average Bonchev–Trinajstić information content (AvgIpc) is 3.02. The molecule has 0 bridgehead atoms. The lowest BCUT2D eigenvalue weighted by Crippen LogP contribution is -2.13. The summed E-state index contributed by atoms with van der Waals surface area (Å²) < 4.78 is 2.41. The lowest BCUT2D eigenvalue weighted by molar-refractivity contribution is -0.385. The van der Waals surface area contributed by atoms with Crippen LogP contribution in [-0.2, 0) is 14.1 Å². The number of carbonyl (C=O) groups excluding carboxylic acids is 1. The van der Waals surface area contributed by atoms with Gasteiger partial charge >= 0.3 is 17.2 Å². The van der Waals surface area contributed by atoms with Crippen LogP contribution in [0, 0.1) is 26.8 Å². The number of hydrogen-bond donors (Lipinski definition) is 1. The number of primary amides is 1. The highest BCUT2D eigenvalue weighted by Crippen LogP contribution is 2.23. The summed E-state index contributed by atoms with van der Waals surface area (Å²) >= 11 is 0. The minimum absolute atomic E-state index is 0.169. The highest BCUT2D eigenvalue weighted by Gasteiger charge is 2.22. The number of hydrogen-bond acceptors (Lipinski definition) is 7. The second kappa shape index (κ2) is 6.76. The molecule has 0 atom stereocenters. The molecule has 0 saturated carbocycles. The average molecular weight is 322 g/mol. The minimum atomic E-state index is -0.901. The smallest absolute Gasteiger partial charge is 0.364 e. The first kappa shape index (κ1) is 17.2. The van der Waals surface area contributed by atoms with Crippen molar-refractivity contribution >= 4 is 23.1 Å². The van der Waals surface area contributed by atoms with Gasteiger partial charge in [-0.05, 0) is 5.10 Å². The highest BCUT2D eigenvalue weighted by molar-refractivity contribution is 5.94. The lowest BCUT2D eigenvalue weighted by atomic mass is 10.4. The number of nitrogens with two attached hydrogens (primary N) is 1. The maximum absolute atomic E-state index is 10.6. The van der Waals surface area contributed by atoms with Gasteiger partial charge in [-0.25, -0.2) is 0 Å². The Hall–Kier alpha value is -3.82. The van der Waals surface area contributed by atoms with Crippen molar-refractivity contribution in [1.82, 2.24) is 19.6 Å². The van der Waals surface area contributed by atoms with Crippen molar-refractivity contribution in [1.29, 1.82) is 0 Å². The van der Waals surface area contributed by atoms with Crippen LogP contribution in [0.15, 0.2) is 12.4 Å². The first-order chi connectivity index (χ1) is 10.7. The zero-order chi connectivity index (χ0) is 17.7. The number of aromatic nitrogens is 4. The molecule has 23 heavy (non-hydrogen) atoms. The van der Waals surface area contributed by atoms with Gasteiger partial charge in [0.15, 0.2) is 0 Å². The summed E-state index contributed by atoms with van der Waals surface area (Å²) in [7, 11) is 3.00. The van der Waals surface area contributed by atoms with Crippen LogP contribution in [0.1, 0.15) is 10.5 Å². The van der Waals surface area contributed by atoms with E-state index in [1.165, 1.54) is 25.0 Å². The number of rotatable bonds is 3. The summed E-state index contributed by atoms with van der Waals surface area (Å²) in [6.45, 7) is 6.54. The molecule has 13 heteroatoms. The Bertz CT molecular complexity index is 782. The summed E-state index contributed by atoms with van der Waals surface area (Å²) in [5.41, 5.74) is 3.91. The molecule has 0 fully saturated rings. The third kappa shape index (κ3) is 4.07. The fraction of sp³-hybridized carbons (Fsp3) is 0.200. The second-order valence-electron chi connectivity index (χ2n) is 4.04. The Kier molecular flexibility index (Phi) is 5.06. The SMILES string of the molecule is Cn1cc([N+](=O)[O-])c(C(N)=O)n1.[C-]#[N+]c1nn(C)cc1[N+](=O)[O-]. The quantitative estimate of drug-likeness (QED) is 0.481. The first-order valence-corrected chi connectivity index (χ1v) is 5.70. The first-order valence-electron chi connectivity index (χ1n) is 5.70. The number of nitro groups is 2. The Labute approximate surface area is 128 Å². The predicted molar refractivity (Wildman–Crippen MR) is 74.5 cm³/mol. The molecule has 120 valence electrons. The van der Waals surface area contributed by atoms with Crippen molar-refractivity contribution in [3.63, 3.8) is 0 Å². The molecule has 0 spiro atoms. The molecular weight excluding hydrogens is 312 g/mol. The number of aryl methyl sites for hydroxylation is 2. The Morgan fingerprint density at radius 2 is 1.65 bits per heavy atom. The molecule has 0 aliphatic carbocycles. The van der Waals surface area contributed by atoms with Gasteiger partial charge in [0, 0.05) is 14.1 Å². The molecule has 2 aromatic rings. The van der Waals surface area contributed by atoms with Gasteiger partial charge in [0.25, 0.3) is 5.91 Å². The van der Waals surface area contributed by atoms with Gasteiger partial charge in [-0.1, -0.05) is 6.57 Å². The van der Waals surface area contributed by atoms with Crippen LogP contribution < -0.4 is 5.73 Å². The lowest BCUT2D eigenvalue weighted by Gasteiger charge is -1.86. The molecule has 0 aliphatic rings. The summed E-state index contributed by atoms with van der Waals surface area (Å²) in [6, 6.07) is 0. The van der Waals surface area contributed by atoms with Gasteiger partial charge in [0.05, 0.1) is 9.85 Å². The maximum Gasteiger partial charge on any atom is 0.372 e. The fourth-order valence-electron chi connectivity index (χ4n) is 1.46. The second-order valence-corrected chi connectivity index (χ2v) is 4.04. The van der Waals surface area contributed by atoms with E-state index in [1.807, 2.05) is 0 Å². The molecule has 13 nitrogen and oxygen atoms in total. The van der Waals surface area contributed by atoms with E-state index in [9.17, 15) is 25.0 Å². The molecule has 2 N–H and O–H groups in total. The van der Waals surface area contributed by atoms with E-state index >= 15 is 0 Å². The van der Waals surface area contributed by atoms with Gasteiger partial charge < -0.3 is 10.6 Å². The van der Waals surface area contributed by atoms with Crippen molar-refractivity contribution in [2.75, 3.05) is 0 Å². The van der Waals surface area contributed by atoms with Crippen LogP contribution in [-0.4, -0.2) is 35.3 Å². The van der Waals surface area contributed by atoms with Crippen molar-refractivity contribution in [3.8, 4) is 0 Å².